The van der Waals surface area contributed by atoms with Crippen LogP contribution in [0.25, 0.3) is 16.7 Å². The maximum absolute atomic E-state index is 12.0. The molecule has 1 N–H and O–H groups in total. The number of ether oxygens (including phenoxy) is 2. The fourth-order valence-corrected chi connectivity index (χ4v) is 3.19. The third-order valence-corrected chi connectivity index (χ3v) is 4.63. The molecule has 0 saturated heterocycles. The maximum Gasteiger partial charge on any atom is 0.379 e. The molecule has 2 aromatic carbocycles. The van der Waals surface area contributed by atoms with Gasteiger partial charge >= 0.3 is 5.97 Å². The average Bonchev–Trinajstić information content (AvgIpc) is 3.08. The number of nitrogens with zero attached hydrogens (tertiary/aromatic N) is 1. The molecular formula is C22H20ClNO5. The van der Waals surface area contributed by atoms with Crippen LogP contribution in [0.15, 0.2) is 54.7 Å². The fourth-order valence-electron chi connectivity index (χ4n) is 3.06. The van der Waals surface area contributed by atoms with Gasteiger partial charge in [0.05, 0.1) is 24.6 Å². The summed E-state index contributed by atoms with van der Waals surface area (Å²) in [6.45, 7) is 2.19. The van der Waals surface area contributed by atoms with Crippen LogP contribution >= 0.6 is 11.6 Å². The van der Waals surface area contributed by atoms with Crippen LogP contribution in [0.4, 0.5) is 0 Å². The smallest absolute Gasteiger partial charge is 0.379 e. The van der Waals surface area contributed by atoms with Crippen LogP contribution in [0.5, 0.6) is 5.75 Å². The Kier molecular flexibility index (Phi) is 6.24. The van der Waals surface area contributed by atoms with E-state index in [0.717, 1.165) is 17.2 Å². The van der Waals surface area contributed by atoms with Crippen LogP contribution in [-0.2, 0) is 20.9 Å². The van der Waals surface area contributed by atoms with E-state index < -0.39 is 11.8 Å². The average molecular weight is 414 g/mol. The first-order chi connectivity index (χ1) is 13.9. The normalized spacial score (nSPS) is 11.5. The number of ketones is 1. The molecule has 0 amide bonds. The summed E-state index contributed by atoms with van der Waals surface area (Å²) in [4.78, 5) is 23.6. The second kappa shape index (κ2) is 8.84. The molecule has 6 nitrogen and oxygen atoms in total. The number of fused-ring (bicyclic) bond motifs is 1. The number of aliphatic hydroxyl groups is 1. The fraction of sp³-hybridized carbons (Fsp3) is 0.182. The third kappa shape index (κ3) is 4.43. The minimum Gasteiger partial charge on any atom is -0.507 e. The summed E-state index contributed by atoms with van der Waals surface area (Å²) < 4.78 is 12.1. The summed E-state index contributed by atoms with van der Waals surface area (Å²) in [7, 11) is 1.53. The number of carbonyl (C=O) groups is 2. The minimum atomic E-state index is -1.02. The summed E-state index contributed by atoms with van der Waals surface area (Å²) >= 11 is 5.96. The standard InChI is InChI=1S/C22H20ClNO5/c1-3-29-22(27)19(26)11-18(25)16-13-24(12-14-7-9-15(23)10-8-14)17-5-4-6-20(28-2)21(16)17/h4-11,13,25H,3,12H2,1-2H3. The highest BCUT2D eigenvalue weighted by Gasteiger charge is 2.19. The lowest BCUT2D eigenvalue weighted by atomic mass is 10.1. The van der Waals surface area contributed by atoms with Gasteiger partial charge in [-0.25, -0.2) is 4.79 Å². The van der Waals surface area contributed by atoms with Gasteiger partial charge in [-0.2, -0.15) is 0 Å². The number of aliphatic hydroxyl groups excluding tert-OH is 1. The molecule has 0 bridgehead atoms. The van der Waals surface area contributed by atoms with E-state index in [9.17, 15) is 14.7 Å². The Hall–Kier alpha value is -3.25. The first kappa shape index (κ1) is 20.5. The van der Waals surface area contributed by atoms with Gasteiger partial charge in [0.15, 0.2) is 0 Å². The quantitative estimate of drug-likeness (QED) is 0.269. The van der Waals surface area contributed by atoms with Crippen molar-refractivity contribution in [3.8, 4) is 5.75 Å². The van der Waals surface area contributed by atoms with Crippen molar-refractivity contribution in [1.82, 2.24) is 4.57 Å². The number of esters is 1. The number of aromatic nitrogens is 1. The zero-order chi connectivity index (χ0) is 21.0. The van der Waals surface area contributed by atoms with Crippen LogP contribution in [0, 0.1) is 0 Å². The van der Waals surface area contributed by atoms with Gasteiger partial charge < -0.3 is 19.1 Å². The van der Waals surface area contributed by atoms with Gasteiger partial charge in [0.1, 0.15) is 11.5 Å². The summed E-state index contributed by atoms with van der Waals surface area (Å²) in [6.07, 6.45) is 2.58. The predicted octanol–water partition coefficient (Wildman–Crippen LogP) is 4.38. The van der Waals surface area contributed by atoms with Crippen molar-refractivity contribution in [3.05, 3.63) is 70.9 Å². The molecule has 0 aliphatic carbocycles. The SMILES string of the molecule is CCOC(=O)C(=O)C=C(O)c1cn(Cc2ccc(Cl)cc2)c2cccc(OC)c12. The van der Waals surface area contributed by atoms with E-state index in [2.05, 4.69) is 4.74 Å². The Morgan fingerprint density at radius 2 is 1.90 bits per heavy atom. The number of halogens is 1. The van der Waals surface area contributed by atoms with Crippen molar-refractivity contribution in [3.63, 3.8) is 0 Å². The van der Waals surface area contributed by atoms with E-state index in [0.29, 0.717) is 28.3 Å². The maximum atomic E-state index is 12.0. The second-order valence-corrected chi connectivity index (χ2v) is 6.70. The molecule has 3 rings (SSSR count). The molecule has 0 aliphatic rings. The molecule has 1 aromatic heterocycles. The molecule has 0 aliphatic heterocycles. The van der Waals surface area contributed by atoms with E-state index >= 15 is 0 Å². The number of hydrogen-bond donors (Lipinski definition) is 1. The van der Waals surface area contributed by atoms with Gasteiger partial charge in [0.2, 0.25) is 0 Å². The molecule has 150 valence electrons. The topological polar surface area (TPSA) is 77.8 Å². The summed E-state index contributed by atoms with van der Waals surface area (Å²) in [5.41, 5.74) is 2.19. The van der Waals surface area contributed by atoms with Gasteiger partial charge in [-0.05, 0) is 36.8 Å². The summed E-state index contributed by atoms with van der Waals surface area (Å²) in [5.74, 6) is -1.75. The van der Waals surface area contributed by atoms with Crippen molar-refractivity contribution >= 4 is 40.0 Å². The number of rotatable bonds is 7. The second-order valence-electron chi connectivity index (χ2n) is 6.27. The summed E-state index contributed by atoms with van der Waals surface area (Å²) in [5, 5.41) is 11.9. The largest absolute Gasteiger partial charge is 0.507 e. The molecule has 1 heterocycles. The predicted molar refractivity (Wildman–Crippen MR) is 111 cm³/mol. The lowest BCUT2D eigenvalue weighted by Crippen LogP contribution is -2.15. The molecule has 0 unspecified atom stereocenters. The Morgan fingerprint density at radius 3 is 2.55 bits per heavy atom. The summed E-state index contributed by atoms with van der Waals surface area (Å²) in [6, 6.07) is 12.9. The van der Waals surface area contributed by atoms with Crippen molar-refractivity contribution < 1.29 is 24.2 Å². The monoisotopic (exact) mass is 413 g/mol. The number of methoxy groups -OCH3 is 1. The highest BCUT2D eigenvalue weighted by molar-refractivity contribution is 6.39. The molecule has 0 saturated carbocycles. The van der Waals surface area contributed by atoms with Crippen LogP contribution in [-0.4, -0.2) is 35.1 Å². The number of hydrogen-bond acceptors (Lipinski definition) is 5. The highest BCUT2D eigenvalue weighted by atomic mass is 35.5. The van der Waals surface area contributed by atoms with E-state index in [1.165, 1.54) is 7.11 Å². The third-order valence-electron chi connectivity index (χ3n) is 4.37. The van der Waals surface area contributed by atoms with Crippen molar-refractivity contribution in [2.24, 2.45) is 0 Å². The molecule has 0 spiro atoms. The van der Waals surface area contributed by atoms with Gasteiger partial charge in [0, 0.05) is 29.4 Å². The van der Waals surface area contributed by atoms with E-state index in [1.807, 2.05) is 28.8 Å². The lowest BCUT2D eigenvalue weighted by Gasteiger charge is -2.07. The van der Waals surface area contributed by atoms with E-state index in [1.54, 1.807) is 31.3 Å². The van der Waals surface area contributed by atoms with Crippen molar-refractivity contribution in [2.45, 2.75) is 13.5 Å². The molecule has 3 aromatic rings. The van der Waals surface area contributed by atoms with Crippen molar-refractivity contribution in [1.29, 1.82) is 0 Å². The Labute approximate surface area is 172 Å². The van der Waals surface area contributed by atoms with Gasteiger partial charge in [-0.1, -0.05) is 29.8 Å². The highest BCUT2D eigenvalue weighted by Crippen LogP contribution is 2.34. The first-order valence-corrected chi connectivity index (χ1v) is 9.34. The van der Waals surface area contributed by atoms with Crippen LogP contribution < -0.4 is 4.74 Å². The van der Waals surface area contributed by atoms with Crippen LogP contribution in [0.3, 0.4) is 0 Å². The Balaban J connectivity index is 2.08. The first-order valence-electron chi connectivity index (χ1n) is 8.97. The molecule has 0 fully saturated rings. The molecule has 29 heavy (non-hydrogen) atoms. The molecule has 0 radical (unpaired) electrons. The van der Waals surface area contributed by atoms with Crippen molar-refractivity contribution in [2.75, 3.05) is 13.7 Å². The van der Waals surface area contributed by atoms with E-state index in [4.69, 9.17) is 16.3 Å². The van der Waals surface area contributed by atoms with E-state index in [-0.39, 0.29) is 12.4 Å². The van der Waals surface area contributed by atoms with Gasteiger partial charge in [-0.3, -0.25) is 4.79 Å². The lowest BCUT2D eigenvalue weighted by molar-refractivity contribution is -0.151. The Bertz CT molecular complexity index is 1080. The van der Waals surface area contributed by atoms with Crippen LogP contribution in [0.2, 0.25) is 5.02 Å². The molecular weight excluding hydrogens is 394 g/mol. The molecule has 0 atom stereocenters. The van der Waals surface area contributed by atoms with Gasteiger partial charge in [0.25, 0.3) is 5.78 Å². The van der Waals surface area contributed by atoms with Crippen LogP contribution in [0.1, 0.15) is 18.1 Å². The number of benzene rings is 2. The molecule has 7 heteroatoms. The minimum absolute atomic E-state index is 0.0768. The zero-order valence-electron chi connectivity index (χ0n) is 16.0. The van der Waals surface area contributed by atoms with Gasteiger partial charge in [-0.15, -0.1) is 0 Å². The number of carbonyl (C=O) groups excluding carboxylic acids is 2. The zero-order valence-corrected chi connectivity index (χ0v) is 16.8. The Morgan fingerprint density at radius 1 is 1.17 bits per heavy atom.